The van der Waals surface area contributed by atoms with Crippen molar-refractivity contribution in [1.82, 2.24) is 0 Å². The molecule has 0 bridgehead atoms. The molecule has 104 valence electrons. The van der Waals surface area contributed by atoms with Gasteiger partial charge in [-0.3, -0.25) is 4.79 Å². The van der Waals surface area contributed by atoms with Gasteiger partial charge in [0.1, 0.15) is 11.5 Å². The van der Waals surface area contributed by atoms with Gasteiger partial charge in [0, 0.05) is 0 Å². The number of phenols is 1. The van der Waals surface area contributed by atoms with E-state index in [-0.39, 0.29) is 28.4 Å². The number of carboxylic acid groups (broad SMARTS) is 1. The minimum Gasteiger partial charge on any atom is -0.508 e. The van der Waals surface area contributed by atoms with Crippen LogP contribution in [0.5, 0.6) is 11.5 Å². The molecule has 0 fully saturated rings. The highest BCUT2D eigenvalue weighted by Crippen LogP contribution is 2.32. The summed E-state index contributed by atoms with van der Waals surface area (Å²) in [5.41, 5.74) is 0.971. The van der Waals surface area contributed by atoms with Crippen molar-refractivity contribution in [3.05, 3.63) is 64.9 Å². The van der Waals surface area contributed by atoms with Crippen LogP contribution in [-0.4, -0.2) is 22.0 Å². The Bertz CT molecular complexity index is 772. The third kappa shape index (κ3) is 2.36. The van der Waals surface area contributed by atoms with Crippen molar-refractivity contribution in [2.24, 2.45) is 0 Å². The Morgan fingerprint density at radius 1 is 1.10 bits per heavy atom. The SMILES string of the molecule is O=C(O)c1ccc2c(c1)C(=O)/C(=C/c1ccc(O)cc1)O2. The molecular weight excluding hydrogens is 272 g/mol. The number of Topliss-reactive ketones (excluding diaryl/α,β-unsaturated/α-hetero) is 1. The molecule has 0 aliphatic carbocycles. The number of fused-ring (bicyclic) bond motifs is 1. The van der Waals surface area contributed by atoms with Crippen LogP contribution in [-0.2, 0) is 0 Å². The molecule has 0 aromatic heterocycles. The fourth-order valence-corrected chi connectivity index (χ4v) is 2.04. The van der Waals surface area contributed by atoms with Crippen LogP contribution in [0.15, 0.2) is 48.2 Å². The normalized spacial score (nSPS) is 14.9. The Morgan fingerprint density at radius 3 is 2.48 bits per heavy atom. The summed E-state index contributed by atoms with van der Waals surface area (Å²) in [6, 6.07) is 10.4. The number of aromatic carboxylic acids is 1. The molecule has 2 aromatic carbocycles. The van der Waals surface area contributed by atoms with Crippen LogP contribution in [0.25, 0.3) is 6.08 Å². The summed E-state index contributed by atoms with van der Waals surface area (Å²) in [6.07, 6.45) is 1.54. The number of ketones is 1. The summed E-state index contributed by atoms with van der Waals surface area (Å²) in [5.74, 6) is -0.860. The van der Waals surface area contributed by atoms with Gasteiger partial charge in [-0.15, -0.1) is 0 Å². The summed E-state index contributed by atoms with van der Waals surface area (Å²) in [7, 11) is 0. The quantitative estimate of drug-likeness (QED) is 0.827. The van der Waals surface area contributed by atoms with E-state index < -0.39 is 5.97 Å². The first-order valence-corrected chi connectivity index (χ1v) is 6.15. The molecule has 2 N–H and O–H groups in total. The number of carbonyl (C=O) groups excluding carboxylic acids is 1. The highest BCUT2D eigenvalue weighted by molar-refractivity contribution is 6.15. The summed E-state index contributed by atoms with van der Waals surface area (Å²) in [5, 5.41) is 18.2. The second-order valence-electron chi connectivity index (χ2n) is 4.55. The standard InChI is InChI=1S/C16H10O5/c17-11-4-1-9(2-5-11)7-14-15(18)12-8-10(16(19)20)3-6-13(12)21-14/h1-8,17H,(H,19,20)/b14-7-. The first-order valence-electron chi connectivity index (χ1n) is 6.15. The number of hydrogen-bond acceptors (Lipinski definition) is 4. The van der Waals surface area contributed by atoms with E-state index in [1.807, 2.05) is 0 Å². The van der Waals surface area contributed by atoms with E-state index in [1.54, 1.807) is 18.2 Å². The molecule has 1 aliphatic heterocycles. The lowest BCUT2D eigenvalue weighted by molar-refractivity contribution is 0.0697. The molecule has 1 aliphatic rings. The van der Waals surface area contributed by atoms with Crippen LogP contribution in [0.1, 0.15) is 26.3 Å². The fraction of sp³-hybridized carbons (Fsp3) is 0. The van der Waals surface area contributed by atoms with Gasteiger partial charge in [-0.2, -0.15) is 0 Å². The van der Waals surface area contributed by atoms with Crippen molar-refractivity contribution < 1.29 is 24.5 Å². The third-order valence-corrected chi connectivity index (χ3v) is 3.11. The van der Waals surface area contributed by atoms with E-state index in [0.29, 0.717) is 11.3 Å². The smallest absolute Gasteiger partial charge is 0.335 e. The number of hydrogen-bond donors (Lipinski definition) is 2. The second-order valence-corrected chi connectivity index (χ2v) is 4.55. The van der Waals surface area contributed by atoms with Gasteiger partial charge < -0.3 is 14.9 Å². The number of rotatable bonds is 2. The van der Waals surface area contributed by atoms with Gasteiger partial charge in [-0.05, 0) is 42.0 Å². The number of ether oxygens (including phenoxy) is 1. The van der Waals surface area contributed by atoms with E-state index in [4.69, 9.17) is 9.84 Å². The Hall–Kier alpha value is -3.08. The Balaban J connectivity index is 1.96. The topological polar surface area (TPSA) is 83.8 Å². The highest BCUT2D eigenvalue weighted by Gasteiger charge is 2.28. The van der Waals surface area contributed by atoms with Gasteiger partial charge in [0.2, 0.25) is 5.78 Å². The maximum absolute atomic E-state index is 12.2. The molecule has 0 amide bonds. The zero-order valence-corrected chi connectivity index (χ0v) is 10.7. The highest BCUT2D eigenvalue weighted by atomic mass is 16.5. The number of carbonyl (C=O) groups is 2. The number of allylic oxidation sites excluding steroid dienone is 1. The van der Waals surface area contributed by atoms with Crippen molar-refractivity contribution in [3.8, 4) is 11.5 Å². The number of benzene rings is 2. The summed E-state index contributed by atoms with van der Waals surface area (Å²) < 4.78 is 5.44. The zero-order chi connectivity index (χ0) is 15.0. The summed E-state index contributed by atoms with van der Waals surface area (Å²) >= 11 is 0. The summed E-state index contributed by atoms with van der Waals surface area (Å²) in [4.78, 5) is 23.1. The zero-order valence-electron chi connectivity index (χ0n) is 10.7. The van der Waals surface area contributed by atoms with E-state index in [9.17, 15) is 14.7 Å². The molecule has 3 rings (SSSR count). The molecule has 0 saturated carbocycles. The van der Waals surface area contributed by atoms with Gasteiger partial charge in [-0.25, -0.2) is 4.79 Å². The number of phenolic OH excluding ortho intramolecular Hbond substituents is 1. The van der Waals surface area contributed by atoms with Crippen LogP contribution < -0.4 is 4.74 Å². The van der Waals surface area contributed by atoms with Crippen LogP contribution in [0.3, 0.4) is 0 Å². The van der Waals surface area contributed by atoms with Crippen LogP contribution >= 0.6 is 0 Å². The molecule has 1 heterocycles. The molecule has 2 aromatic rings. The maximum atomic E-state index is 12.2. The van der Waals surface area contributed by atoms with Crippen LogP contribution in [0.4, 0.5) is 0 Å². The molecule has 0 unspecified atom stereocenters. The van der Waals surface area contributed by atoms with Gasteiger partial charge >= 0.3 is 5.97 Å². The fourth-order valence-electron chi connectivity index (χ4n) is 2.04. The van der Waals surface area contributed by atoms with Gasteiger partial charge in [0.15, 0.2) is 5.76 Å². The van der Waals surface area contributed by atoms with Gasteiger partial charge in [0.05, 0.1) is 11.1 Å². The van der Waals surface area contributed by atoms with E-state index in [1.165, 1.54) is 30.3 Å². The first kappa shape index (κ1) is 12.9. The lowest BCUT2D eigenvalue weighted by Gasteiger charge is -1.99. The molecule has 0 radical (unpaired) electrons. The average molecular weight is 282 g/mol. The number of aromatic hydroxyl groups is 1. The molecule has 0 saturated heterocycles. The van der Waals surface area contributed by atoms with Crippen molar-refractivity contribution >= 4 is 17.8 Å². The lowest BCUT2D eigenvalue weighted by atomic mass is 10.1. The predicted octanol–water partition coefficient (Wildman–Crippen LogP) is 2.71. The molecular formula is C16H10O5. The maximum Gasteiger partial charge on any atom is 0.335 e. The molecule has 21 heavy (non-hydrogen) atoms. The van der Waals surface area contributed by atoms with E-state index in [2.05, 4.69) is 0 Å². The van der Waals surface area contributed by atoms with Crippen molar-refractivity contribution in [2.45, 2.75) is 0 Å². The van der Waals surface area contributed by atoms with Crippen LogP contribution in [0.2, 0.25) is 0 Å². The molecule has 0 atom stereocenters. The Morgan fingerprint density at radius 2 is 1.81 bits per heavy atom. The second kappa shape index (κ2) is 4.79. The lowest BCUT2D eigenvalue weighted by Crippen LogP contribution is -2.00. The minimum atomic E-state index is -1.10. The summed E-state index contributed by atoms with van der Waals surface area (Å²) in [6.45, 7) is 0. The van der Waals surface area contributed by atoms with Gasteiger partial charge in [-0.1, -0.05) is 12.1 Å². The van der Waals surface area contributed by atoms with Crippen molar-refractivity contribution in [1.29, 1.82) is 0 Å². The van der Waals surface area contributed by atoms with E-state index in [0.717, 1.165) is 0 Å². The average Bonchev–Trinajstić information content (AvgIpc) is 2.77. The Kier molecular flexibility index (Phi) is 2.95. The third-order valence-electron chi connectivity index (χ3n) is 3.11. The van der Waals surface area contributed by atoms with Crippen molar-refractivity contribution in [3.63, 3.8) is 0 Å². The predicted molar refractivity (Wildman–Crippen MR) is 74.4 cm³/mol. The molecule has 0 spiro atoms. The largest absolute Gasteiger partial charge is 0.508 e. The van der Waals surface area contributed by atoms with Gasteiger partial charge in [0.25, 0.3) is 0 Å². The monoisotopic (exact) mass is 282 g/mol. The first-order chi connectivity index (χ1) is 10.0. The minimum absolute atomic E-state index is 0.0385. The molecule has 5 heteroatoms. The van der Waals surface area contributed by atoms with Crippen molar-refractivity contribution in [2.75, 3.05) is 0 Å². The van der Waals surface area contributed by atoms with Crippen LogP contribution in [0, 0.1) is 0 Å². The number of carboxylic acids is 1. The van der Waals surface area contributed by atoms with E-state index >= 15 is 0 Å². The molecule has 5 nitrogen and oxygen atoms in total. The Labute approximate surface area is 119 Å².